The fourth-order valence-electron chi connectivity index (χ4n) is 3.42. The van der Waals surface area contributed by atoms with Crippen LogP contribution >= 0.6 is 0 Å². The van der Waals surface area contributed by atoms with Crippen LogP contribution in [0.5, 0.6) is 5.75 Å². The molecule has 2 aliphatic rings. The average molecular weight is 338 g/mol. The van der Waals surface area contributed by atoms with Gasteiger partial charge in [0.15, 0.2) is 0 Å². The van der Waals surface area contributed by atoms with Gasteiger partial charge in [-0.15, -0.1) is 0 Å². The van der Waals surface area contributed by atoms with E-state index in [1.165, 1.54) is 0 Å². The highest BCUT2D eigenvalue weighted by Crippen LogP contribution is 2.31. The van der Waals surface area contributed by atoms with Crippen molar-refractivity contribution in [3.05, 3.63) is 59.9 Å². The number of carbonyl (C=O) groups is 1. The normalized spacial score (nSPS) is 20.3. The topological polar surface area (TPSA) is 51.7 Å². The molecule has 25 heavy (non-hydrogen) atoms. The van der Waals surface area contributed by atoms with E-state index < -0.39 is 0 Å². The second-order valence-electron chi connectivity index (χ2n) is 6.73. The lowest BCUT2D eigenvalue weighted by Gasteiger charge is -2.42. The van der Waals surface area contributed by atoms with Gasteiger partial charge in [-0.05, 0) is 54.7 Å². The minimum Gasteiger partial charge on any atom is -0.487 e. The van der Waals surface area contributed by atoms with Crippen molar-refractivity contribution in [1.29, 1.82) is 0 Å². The van der Waals surface area contributed by atoms with Gasteiger partial charge in [-0.25, -0.2) is 0 Å². The van der Waals surface area contributed by atoms with Crippen LogP contribution in [-0.2, 0) is 11.3 Å². The number of benzene rings is 1. The van der Waals surface area contributed by atoms with Crippen LogP contribution in [0.2, 0.25) is 0 Å². The predicted octanol–water partition coefficient (Wildman–Crippen LogP) is 2.77. The van der Waals surface area contributed by atoms with Gasteiger partial charge in [0.05, 0.1) is 5.69 Å². The molecule has 5 nitrogen and oxygen atoms in total. The quantitative estimate of drug-likeness (QED) is 0.841. The highest BCUT2D eigenvalue weighted by atomic mass is 16.5. The van der Waals surface area contributed by atoms with Crippen LogP contribution < -0.4 is 4.74 Å². The van der Waals surface area contributed by atoms with Gasteiger partial charge in [0.2, 0.25) is 0 Å². The molecule has 0 N–H and O–H groups in total. The molecule has 0 radical (unpaired) electrons. The fourth-order valence-corrected chi connectivity index (χ4v) is 3.42. The Morgan fingerprint density at radius 2 is 2.00 bits per heavy atom. The van der Waals surface area contributed by atoms with Crippen molar-refractivity contribution >= 4 is 5.91 Å². The lowest BCUT2D eigenvalue weighted by atomic mass is 9.85. The summed E-state index contributed by atoms with van der Waals surface area (Å²) in [7, 11) is 0. The van der Waals surface area contributed by atoms with E-state index in [-0.39, 0.29) is 5.91 Å². The number of hydrogen-bond donors (Lipinski definition) is 0. The molecule has 130 valence electrons. The van der Waals surface area contributed by atoms with Crippen LogP contribution in [0.1, 0.15) is 22.5 Å². The number of hydrogen-bond acceptors (Lipinski definition) is 4. The van der Waals surface area contributed by atoms with E-state index in [4.69, 9.17) is 9.47 Å². The zero-order chi connectivity index (χ0) is 17.1. The van der Waals surface area contributed by atoms with Crippen LogP contribution in [0.15, 0.2) is 48.7 Å². The SMILES string of the molecule is O=C(c1ccc(OCc2ccccn2)cc1)N1CC(C2CCOC2)C1. The molecule has 3 heterocycles. The third-order valence-corrected chi connectivity index (χ3v) is 5.04. The first-order valence-corrected chi connectivity index (χ1v) is 8.79. The van der Waals surface area contributed by atoms with E-state index in [0.717, 1.165) is 44.2 Å². The van der Waals surface area contributed by atoms with Gasteiger partial charge < -0.3 is 14.4 Å². The van der Waals surface area contributed by atoms with Gasteiger partial charge in [0.25, 0.3) is 5.91 Å². The molecule has 5 heteroatoms. The summed E-state index contributed by atoms with van der Waals surface area (Å²) < 4.78 is 11.2. The largest absolute Gasteiger partial charge is 0.487 e. The third kappa shape index (κ3) is 3.66. The predicted molar refractivity (Wildman–Crippen MR) is 93.3 cm³/mol. The summed E-state index contributed by atoms with van der Waals surface area (Å²) in [5.41, 5.74) is 1.59. The van der Waals surface area contributed by atoms with Crippen LogP contribution in [0, 0.1) is 11.8 Å². The molecule has 0 bridgehead atoms. The molecule has 2 fully saturated rings. The maximum Gasteiger partial charge on any atom is 0.253 e. The van der Waals surface area contributed by atoms with Crippen molar-refractivity contribution < 1.29 is 14.3 Å². The van der Waals surface area contributed by atoms with E-state index in [2.05, 4.69) is 4.98 Å². The molecule has 1 amide bonds. The standard InChI is InChI=1S/C20H22N2O3/c23-20(22-11-17(12-22)16-8-10-24-13-16)15-4-6-19(7-5-15)25-14-18-3-1-2-9-21-18/h1-7,9,16-17H,8,10-14H2. The maximum atomic E-state index is 12.5. The van der Waals surface area contributed by atoms with Crippen molar-refractivity contribution in [2.75, 3.05) is 26.3 Å². The number of carbonyl (C=O) groups excluding carboxylic acids is 1. The molecule has 2 aliphatic heterocycles. The van der Waals surface area contributed by atoms with Crippen LogP contribution in [0.3, 0.4) is 0 Å². The van der Waals surface area contributed by atoms with Crippen LogP contribution in [0.25, 0.3) is 0 Å². The van der Waals surface area contributed by atoms with Gasteiger partial charge in [0.1, 0.15) is 12.4 Å². The van der Waals surface area contributed by atoms with Crippen molar-refractivity contribution in [2.45, 2.75) is 13.0 Å². The maximum absolute atomic E-state index is 12.5. The Bertz CT molecular complexity index is 705. The highest BCUT2D eigenvalue weighted by Gasteiger charge is 2.37. The van der Waals surface area contributed by atoms with Gasteiger partial charge in [-0.2, -0.15) is 0 Å². The molecule has 0 saturated carbocycles. The number of amides is 1. The second-order valence-corrected chi connectivity index (χ2v) is 6.73. The van der Waals surface area contributed by atoms with Crippen LogP contribution in [0.4, 0.5) is 0 Å². The molecule has 1 unspecified atom stereocenters. The monoisotopic (exact) mass is 338 g/mol. The Kier molecular flexibility index (Phi) is 4.65. The Labute approximate surface area is 147 Å². The first-order chi connectivity index (χ1) is 12.3. The molecular formula is C20H22N2O3. The summed E-state index contributed by atoms with van der Waals surface area (Å²) in [5, 5.41) is 0. The Morgan fingerprint density at radius 3 is 2.68 bits per heavy atom. The number of likely N-dealkylation sites (tertiary alicyclic amines) is 1. The second kappa shape index (κ2) is 7.23. The van der Waals surface area contributed by atoms with Crippen molar-refractivity contribution in [3.8, 4) is 5.75 Å². The number of rotatable bonds is 5. The number of nitrogens with zero attached hydrogens (tertiary/aromatic N) is 2. The summed E-state index contributed by atoms with van der Waals surface area (Å²) in [4.78, 5) is 18.7. The number of ether oxygens (including phenoxy) is 2. The Hall–Kier alpha value is -2.40. The minimum atomic E-state index is 0.103. The molecule has 4 rings (SSSR count). The Morgan fingerprint density at radius 1 is 1.16 bits per heavy atom. The lowest BCUT2D eigenvalue weighted by molar-refractivity contribution is 0.0342. The number of pyridine rings is 1. The average Bonchev–Trinajstić information content (AvgIpc) is 3.14. The zero-order valence-electron chi connectivity index (χ0n) is 14.1. The van der Waals surface area contributed by atoms with Crippen molar-refractivity contribution in [2.24, 2.45) is 11.8 Å². The molecule has 2 aromatic rings. The molecule has 0 spiro atoms. The molecule has 2 saturated heterocycles. The van der Waals surface area contributed by atoms with E-state index in [9.17, 15) is 4.79 Å². The summed E-state index contributed by atoms with van der Waals surface area (Å²) in [6, 6.07) is 13.1. The zero-order valence-corrected chi connectivity index (χ0v) is 14.1. The molecule has 1 aromatic heterocycles. The first-order valence-electron chi connectivity index (χ1n) is 8.79. The van der Waals surface area contributed by atoms with Crippen molar-refractivity contribution in [1.82, 2.24) is 9.88 Å². The summed E-state index contributed by atoms with van der Waals surface area (Å²) in [5.74, 6) is 2.08. The van der Waals surface area contributed by atoms with Gasteiger partial charge in [0, 0.05) is 38.1 Å². The lowest BCUT2D eigenvalue weighted by Crippen LogP contribution is -2.52. The summed E-state index contributed by atoms with van der Waals surface area (Å²) in [6.07, 6.45) is 2.88. The Balaban J connectivity index is 1.29. The highest BCUT2D eigenvalue weighted by molar-refractivity contribution is 5.94. The van der Waals surface area contributed by atoms with Crippen LogP contribution in [-0.4, -0.2) is 42.1 Å². The van der Waals surface area contributed by atoms with E-state index >= 15 is 0 Å². The third-order valence-electron chi connectivity index (χ3n) is 5.04. The molecule has 0 aliphatic carbocycles. The van der Waals surface area contributed by atoms with Gasteiger partial charge in [-0.1, -0.05) is 6.07 Å². The first kappa shape index (κ1) is 16.1. The molecule has 1 aromatic carbocycles. The number of aromatic nitrogens is 1. The smallest absolute Gasteiger partial charge is 0.253 e. The van der Waals surface area contributed by atoms with Crippen molar-refractivity contribution in [3.63, 3.8) is 0 Å². The minimum absolute atomic E-state index is 0.103. The van der Waals surface area contributed by atoms with E-state index in [1.54, 1.807) is 6.20 Å². The van der Waals surface area contributed by atoms with Gasteiger partial charge in [-0.3, -0.25) is 9.78 Å². The summed E-state index contributed by atoms with van der Waals surface area (Å²) >= 11 is 0. The fraction of sp³-hybridized carbons (Fsp3) is 0.400. The van der Waals surface area contributed by atoms with Gasteiger partial charge >= 0.3 is 0 Å². The molecular weight excluding hydrogens is 316 g/mol. The summed E-state index contributed by atoms with van der Waals surface area (Å²) in [6.45, 7) is 3.85. The molecule has 1 atom stereocenters. The van der Waals surface area contributed by atoms with E-state index in [1.807, 2.05) is 47.4 Å². The van der Waals surface area contributed by atoms with E-state index in [0.29, 0.717) is 24.0 Å².